The standard InChI is InChI=1S/C19H27N3O3/c1-15(2)19(3,14-20)21-17(23)13-22(11-10-18(24)25-4)12-16-8-6-5-7-9-16/h5-9,15H,10-13H2,1-4H3,(H,21,23)/t19-/m0/s1. The van der Waals surface area contributed by atoms with Crippen molar-refractivity contribution in [2.75, 3.05) is 20.2 Å². The Labute approximate surface area is 149 Å². The van der Waals surface area contributed by atoms with Gasteiger partial charge in [0, 0.05) is 13.1 Å². The molecule has 1 aromatic rings. The number of benzene rings is 1. The van der Waals surface area contributed by atoms with Gasteiger partial charge in [0.25, 0.3) is 0 Å². The Hall–Kier alpha value is -2.39. The molecule has 0 saturated carbocycles. The quantitative estimate of drug-likeness (QED) is 0.693. The second-order valence-electron chi connectivity index (χ2n) is 6.54. The van der Waals surface area contributed by atoms with Crippen LogP contribution in [0.1, 0.15) is 32.8 Å². The summed E-state index contributed by atoms with van der Waals surface area (Å²) in [5, 5.41) is 12.1. The van der Waals surface area contributed by atoms with Crippen LogP contribution in [0.2, 0.25) is 0 Å². The third-order valence-electron chi connectivity index (χ3n) is 4.26. The Bertz CT molecular complexity index is 610. The number of carbonyl (C=O) groups is 2. The number of hydrogen-bond acceptors (Lipinski definition) is 5. The summed E-state index contributed by atoms with van der Waals surface area (Å²) < 4.78 is 4.68. The number of nitrogens with one attached hydrogen (secondary N) is 1. The summed E-state index contributed by atoms with van der Waals surface area (Å²) in [6.45, 7) is 6.54. The second kappa shape index (κ2) is 9.80. The van der Waals surface area contributed by atoms with Crippen LogP contribution in [0.4, 0.5) is 0 Å². The number of esters is 1. The SMILES string of the molecule is COC(=O)CCN(CC(=O)N[C@@](C)(C#N)C(C)C)Cc1ccccc1. The highest BCUT2D eigenvalue weighted by molar-refractivity contribution is 5.79. The first kappa shape index (κ1) is 20.7. The molecule has 136 valence electrons. The lowest BCUT2D eigenvalue weighted by atomic mass is 9.90. The summed E-state index contributed by atoms with van der Waals surface area (Å²) in [7, 11) is 1.34. The number of hydrogen-bond donors (Lipinski definition) is 1. The maximum absolute atomic E-state index is 12.4. The van der Waals surface area contributed by atoms with Crippen LogP contribution in [0.5, 0.6) is 0 Å². The van der Waals surface area contributed by atoms with E-state index in [9.17, 15) is 14.9 Å². The number of nitriles is 1. The normalized spacial score (nSPS) is 13.2. The first-order chi connectivity index (χ1) is 11.8. The van der Waals surface area contributed by atoms with Gasteiger partial charge in [-0.25, -0.2) is 0 Å². The molecule has 1 N–H and O–H groups in total. The minimum Gasteiger partial charge on any atom is -0.469 e. The van der Waals surface area contributed by atoms with E-state index in [-0.39, 0.29) is 30.8 Å². The van der Waals surface area contributed by atoms with E-state index in [0.717, 1.165) is 5.56 Å². The van der Waals surface area contributed by atoms with Gasteiger partial charge in [-0.3, -0.25) is 14.5 Å². The average molecular weight is 345 g/mol. The zero-order valence-electron chi connectivity index (χ0n) is 15.4. The van der Waals surface area contributed by atoms with Crippen LogP contribution in [-0.4, -0.2) is 42.5 Å². The molecule has 0 aliphatic rings. The summed E-state index contributed by atoms with van der Waals surface area (Å²) in [6, 6.07) is 11.9. The zero-order valence-corrected chi connectivity index (χ0v) is 15.4. The first-order valence-electron chi connectivity index (χ1n) is 8.36. The predicted octanol–water partition coefficient (Wildman–Crippen LogP) is 2.11. The molecule has 0 aliphatic heterocycles. The second-order valence-corrected chi connectivity index (χ2v) is 6.54. The van der Waals surface area contributed by atoms with E-state index in [1.807, 2.05) is 49.1 Å². The molecule has 0 aliphatic carbocycles. The van der Waals surface area contributed by atoms with Crippen LogP contribution in [0.3, 0.4) is 0 Å². The van der Waals surface area contributed by atoms with E-state index < -0.39 is 5.54 Å². The topological polar surface area (TPSA) is 82.4 Å². The van der Waals surface area contributed by atoms with Crippen molar-refractivity contribution >= 4 is 11.9 Å². The van der Waals surface area contributed by atoms with Crippen molar-refractivity contribution in [3.63, 3.8) is 0 Å². The van der Waals surface area contributed by atoms with Gasteiger partial charge in [0.2, 0.25) is 5.91 Å². The molecule has 0 saturated heterocycles. The van der Waals surface area contributed by atoms with E-state index in [1.165, 1.54) is 7.11 Å². The Morgan fingerprint density at radius 2 is 1.96 bits per heavy atom. The van der Waals surface area contributed by atoms with Gasteiger partial charge in [-0.1, -0.05) is 44.2 Å². The summed E-state index contributed by atoms with van der Waals surface area (Å²) in [5.41, 5.74) is 0.129. The summed E-state index contributed by atoms with van der Waals surface area (Å²) in [5.74, 6) is -0.569. The van der Waals surface area contributed by atoms with Crippen LogP contribution in [-0.2, 0) is 20.9 Å². The largest absolute Gasteiger partial charge is 0.469 e. The zero-order chi connectivity index (χ0) is 18.9. The summed E-state index contributed by atoms with van der Waals surface area (Å²) >= 11 is 0. The molecule has 1 atom stereocenters. The van der Waals surface area contributed by atoms with Gasteiger partial charge in [0.1, 0.15) is 5.54 Å². The van der Waals surface area contributed by atoms with Gasteiger partial charge in [-0.15, -0.1) is 0 Å². The number of methoxy groups -OCH3 is 1. The van der Waals surface area contributed by atoms with Crippen molar-refractivity contribution in [3.8, 4) is 6.07 Å². The van der Waals surface area contributed by atoms with Gasteiger partial charge in [-0.05, 0) is 18.4 Å². The van der Waals surface area contributed by atoms with Crippen LogP contribution in [0.15, 0.2) is 30.3 Å². The fourth-order valence-electron chi connectivity index (χ4n) is 2.24. The Morgan fingerprint density at radius 3 is 2.48 bits per heavy atom. The van der Waals surface area contributed by atoms with Crippen LogP contribution in [0.25, 0.3) is 0 Å². The minimum atomic E-state index is -0.919. The molecule has 6 heteroatoms. The molecule has 25 heavy (non-hydrogen) atoms. The van der Waals surface area contributed by atoms with E-state index in [0.29, 0.717) is 13.1 Å². The maximum atomic E-state index is 12.4. The fraction of sp³-hybridized carbons (Fsp3) is 0.526. The van der Waals surface area contributed by atoms with Crippen LogP contribution < -0.4 is 5.32 Å². The molecule has 0 aromatic heterocycles. The summed E-state index contributed by atoms with van der Waals surface area (Å²) in [4.78, 5) is 25.7. The van der Waals surface area contributed by atoms with Gasteiger partial charge in [-0.2, -0.15) is 5.26 Å². The fourth-order valence-corrected chi connectivity index (χ4v) is 2.24. The number of rotatable bonds is 9. The smallest absolute Gasteiger partial charge is 0.306 e. The van der Waals surface area contributed by atoms with Crippen molar-refractivity contribution in [1.29, 1.82) is 5.26 Å². The number of nitrogens with zero attached hydrogens (tertiary/aromatic N) is 2. The van der Waals surface area contributed by atoms with Gasteiger partial charge >= 0.3 is 5.97 Å². The molecule has 0 spiro atoms. The third-order valence-corrected chi connectivity index (χ3v) is 4.26. The van der Waals surface area contributed by atoms with E-state index >= 15 is 0 Å². The molecule has 0 heterocycles. The number of ether oxygens (including phenoxy) is 1. The molecule has 0 radical (unpaired) electrons. The Balaban J connectivity index is 2.76. The average Bonchev–Trinajstić information content (AvgIpc) is 2.59. The van der Waals surface area contributed by atoms with Gasteiger partial charge in [0.15, 0.2) is 0 Å². The predicted molar refractivity (Wildman–Crippen MR) is 95.4 cm³/mol. The molecule has 0 bridgehead atoms. The minimum absolute atomic E-state index is 0.0147. The lowest BCUT2D eigenvalue weighted by molar-refractivity contribution is -0.141. The Kier molecular flexibility index (Phi) is 8.09. The number of amides is 1. The van der Waals surface area contributed by atoms with Crippen molar-refractivity contribution in [1.82, 2.24) is 10.2 Å². The highest BCUT2D eigenvalue weighted by atomic mass is 16.5. The molecule has 1 rings (SSSR count). The summed E-state index contributed by atoms with van der Waals surface area (Å²) in [6.07, 6.45) is 0.205. The van der Waals surface area contributed by atoms with Crippen molar-refractivity contribution in [2.45, 2.75) is 39.3 Å². The third kappa shape index (κ3) is 6.94. The maximum Gasteiger partial charge on any atom is 0.306 e. The van der Waals surface area contributed by atoms with Crippen molar-refractivity contribution < 1.29 is 14.3 Å². The van der Waals surface area contributed by atoms with Crippen molar-refractivity contribution in [2.24, 2.45) is 5.92 Å². The molecule has 0 fully saturated rings. The van der Waals surface area contributed by atoms with Crippen molar-refractivity contribution in [3.05, 3.63) is 35.9 Å². The number of carbonyl (C=O) groups excluding carboxylic acids is 2. The molecule has 6 nitrogen and oxygen atoms in total. The highest BCUT2D eigenvalue weighted by Crippen LogP contribution is 2.15. The van der Waals surface area contributed by atoms with E-state index in [1.54, 1.807) is 6.92 Å². The molecule has 1 aromatic carbocycles. The molecule has 0 unspecified atom stereocenters. The monoisotopic (exact) mass is 345 g/mol. The molecule has 1 amide bonds. The highest BCUT2D eigenvalue weighted by Gasteiger charge is 2.30. The lowest BCUT2D eigenvalue weighted by Crippen LogP contribution is -2.51. The van der Waals surface area contributed by atoms with E-state index in [4.69, 9.17) is 0 Å². The van der Waals surface area contributed by atoms with E-state index in [2.05, 4.69) is 16.1 Å². The van der Waals surface area contributed by atoms with Crippen LogP contribution >= 0.6 is 0 Å². The Morgan fingerprint density at radius 1 is 1.32 bits per heavy atom. The molecular formula is C19H27N3O3. The lowest BCUT2D eigenvalue weighted by Gasteiger charge is -2.29. The molecular weight excluding hydrogens is 318 g/mol. The first-order valence-corrected chi connectivity index (χ1v) is 8.36. The van der Waals surface area contributed by atoms with Gasteiger partial charge < -0.3 is 10.1 Å². The van der Waals surface area contributed by atoms with Gasteiger partial charge in [0.05, 0.1) is 26.1 Å². The van der Waals surface area contributed by atoms with Crippen LogP contribution in [0, 0.1) is 17.2 Å².